The van der Waals surface area contributed by atoms with Gasteiger partial charge >= 0.3 is 12.1 Å². The highest BCUT2D eigenvalue weighted by atomic mass is 19.1. The van der Waals surface area contributed by atoms with Crippen LogP contribution in [0.2, 0.25) is 0 Å². The van der Waals surface area contributed by atoms with E-state index in [-0.39, 0.29) is 24.1 Å². The van der Waals surface area contributed by atoms with Gasteiger partial charge in [0, 0.05) is 12.0 Å². The van der Waals surface area contributed by atoms with Crippen molar-refractivity contribution in [3.8, 4) is 0 Å². The molecule has 0 spiro atoms. The first-order chi connectivity index (χ1) is 12.0. The fraction of sp³-hybridized carbons (Fsp3) is 0.500. The number of fused-ring (bicyclic) bond motifs is 1. The summed E-state index contributed by atoms with van der Waals surface area (Å²) < 4.78 is 19.2. The van der Waals surface area contributed by atoms with Crippen LogP contribution in [0.1, 0.15) is 39.7 Å². The summed E-state index contributed by atoms with van der Waals surface area (Å²) in [5, 5.41) is 11.9. The van der Waals surface area contributed by atoms with Gasteiger partial charge in [-0.15, -0.1) is 0 Å². The number of rotatable bonds is 4. The first-order valence-electron chi connectivity index (χ1n) is 8.38. The van der Waals surface area contributed by atoms with Gasteiger partial charge in [0.2, 0.25) is 0 Å². The molecule has 2 rings (SSSR count). The van der Waals surface area contributed by atoms with Crippen molar-refractivity contribution >= 4 is 23.7 Å². The highest BCUT2D eigenvalue weighted by Gasteiger charge is 2.42. The second-order valence-corrected chi connectivity index (χ2v) is 7.11. The summed E-state index contributed by atoms with van der Waals surface area (Å²) in [5.74, 6) is -2.41. The lowest BCUT2D eigenvalue weighted by molar-refractivity contribution is -0.140. The van der Waals surface area contributed by atoms with Crippen LogP contribution in [-0.2, 0) is 20.7 Å². The maximum Gasteiger partial charge on any atom is 0.408 e. The van der Waals surface area contributed by atoms with Crippen LogP contribution in [0.25, 0.3) is 0 Å². The van der Waals surface area contributed by atoms with Crippen molar-refractivity contribution < 1.29 is 28.6 Å². The molecule has 0 bridgehead atoms. The second kappa shape index (κ2) is 7.31. The summed E-state index contributed by atoms with van der Waals surface area (Å²) >= 11 is 0. The number of carbonyl (C=O) groups excluding carboxylic acids is 2. The van der Waals surface area contributed by atoms with Crippen molar-refractivity contribution in [1.29, 1.82) is 0 Å². The fourth-order valence-electron chi connectivity index (χ4n) is 2.85. The number of amides is 2. The van der Waals surface area contributed by atoms with Gasteiger partial charge in [0.25, 0.3) is 5.91 Å². The van der Waals surface area contributed by atoms with Crippen LogP contribution in [0, 0.1) is 5.82 Å². The molecule has 142 valence electrons. The lowest BCUT2D eigenvalue weighted by atomic mass is 10.1. The van der Waals surface area contributed by atoms with E-state index in [9.17, 15) is 23.9 Å². The standard InChI is InChI=1S/C18H23FN2O5/c1-5-12(20-17(25)26-18(2,3)4)15(22)21-13-8-6-7-11(19)10(13)9-14(21)16(23)24/h6-8,12,14H,5,9H2,1-4H3,(H,20,25)(H,23,24)/t12-,14+/m0/s1. The maximum absolute atomic E-state index is 14.0. The topological polar surface area (TPSA) is 95.9 Å². The average Bonchev–Trinajstić information content (AvgIpc) is 2.91. The Labute approximate surface area is 151 Å². The highest BCUT2D eigenvalue weighted by Crippen LogP contribution is 2.34. The molecule has 1 heterocycles. The summed E-state index contributed by atoms with van der Waals surface area (Å²) in [5.41, 5.74) is -0.342. The van der Waals surface area contributed by atoms with Crippen molar-refractivity contribution in [3.05, 3.63) is 29.6 Å². The predicted molar refractivity (Wildman–Crippen MR) is 92.5 cm³/mol. The van der Waals surface area contributed by atoms with E-state index >= 15 is 0 Å². The minimum atomic E-state index is -1.24. The molecule has 0 aromatic heterocycles. The molecule has 2 amide bonds. The van der Waals surface area contributed by atoms with E-state index in [2.05, 4.69) is 5.32 Å². The number of alkyl carbamates (subject to hydrolysis) is 1. The van der Waals surface area contributed by atoms with Crippen LogP contribution >= 0.6 is 0 Å². The number of aliphatic carboxylic acids is 1. The summed E-state index contributed by atoms with van der Waals surface area (Å²) in [6.45, 7) is 6.75. The molecule has 7 nitrogen and oxygen atoms in total. The van der Waals surface area contributed by atoms with Gasteiger partial charge in [0.1, 0.15) is 23.5 Å². The number of hydrogen-bond donors (Lipinski definition) is 2. The molecule has 0 saturated heterocycles. The monoisotopic (exact) mass is 366 g/mol. The molecule has 0 unspecified atom stereocenters. The normalized spacial score (nSPS) is 17.4. The zero-order valence-corrected chi connectivity index (χ0v) is 15.2. The smallest absolute Gasteiger partial charge is 0.408 e. The molecule has 1 aromatic carbocycles. The third-order valence-corrected chi connectivity index (χ3v) is 3.98. The van der Waals surface area contributed by atoms with Crippen molar-refractivity contribution in [1.82, 2.24) is 5.32 Å². The third-order valence-electron chi connectivity index (χ3n) is 3.98. The predicted octanol–water partition coefficient (Wildman–Crippen LogP) is 2.47. The second-order valence-electron chi connectivity index (χ2n) is 7.11. The highest BCUT2D eigenvalue weighted by molar-refractivity contribution is 6.05. The van der Waals surface area contributed by atoms with Gasteiger partial charge < -0.3 is 15.2 Å². The van der Waals surface area contributed by atoms with E-state index in [0.29, 0.717) is 0 Å². The number of carbonyl (C=O) groups is 3. The van der Waals surface area contributed by atoms with Crippen LogP contribution in [0.4, 0.5) is 14.9 Å². The van der Waals surface area contributed by atoms with Crippen molar-refractivity contribution in [3.63, 3.8) is 0 Å². The molecule has 2 atom stereocenters. The number of nitrogens with one attached hydrogen (secondary N) is 1. The average molecular weight is 366 g/mol. The first-order valence-corrected chi connectivity index (χ1v) is 8.38. The van der Waals surface area contributed by atoms with Crippen LogP contribution in [-0.4, -0.2) is 40.8 Å². The van der Waals surface area contributed by atoms with Gasteiger partial charge in [0.15, 0.2) is 0 Å². The summed E-state index contributed by atoms with van der Waals surface area (Å²) in [6, 6.07) is 1.94. The lowest BCUT2D eigenvalue weighted by Crippen LogP contribution is -2.53. The quantitative estimate of drug-likeness (QED) is 0.853. The Kier molecular flexibility index (Phi) is 5.53. The number of ether oxygens (including phenoxy) is 1. The minimum absolute atomic E-state index is 0.119. The van der Waals surface area contributed by atoms with Crippen molar-refractivity contribution in [2.75, 3.05) is 4.90 Å². The molecule has 0 saturated carbocycles. The molecule has 2 N–H and O–H groups in total. The number of carboxylic acid groups (broad SMARTS) is 1. The number of nitrogens with zero attached hydrogens (tertiary/aromatic N) is 1. The molecular weight excluding hydrogens is 343 g/mol. The Morgan fingerprint density at radius 3 is 2.58 bits per heavy atom. The van der Waals surface area contributed by atoms with Gasteiger partial charge in [-0.25, -0.2) is 14.0 Å². The van der Waals surface area contributed by atoms with Gasteiger partial charge in [-0.2, -0.15) is 0 Å². The van der Waals surface area contributed by atoms with E-state index < -0.39 is 41.5 Å². The number of benzene rings is 1. The lowest BCUT2D eigenvalue weighted by Gasteiger charge is -2.28. The van der Waals surface area contributed by atoms with Gasteiger partial charge in [-0.3, -0.25) is 9.69 Å². The fourth-order valence-corrected chi connectivity index (χ4v) is 2.85. The van der Waals surface area contributed by atoms with Crippen LogP contribution in [0.3, 0.4) is 0 Å². The number of halogens is 1. The van der Waals surface area contributed by atoms with Crippen molar-refractivity contribution in [2.24, 2.45) is 0 Å². The van der Waals surface area contributed by atoms with E-state index in [1.807, 2.05) is 0 Å². The Bertz CT molecular complexity index is 729. The Hall–Kier alpha value is -2.64. The largest absolute Gasteiger partial charge is 0.480 e. The Balaban J connectivity index is 2.28. The Morgan fingerprint density at radius 1 is 1.38 bits per heavy atom. The minimum Gasteiger partial charge on any atom is -0.480 e. The van der Waals surface area contributed by atoms with E-state index in [4.69, 9.17) is 4.74 Å². The molecule has 1 aliphatic heterocycles. The zero-order valence-electron chi connectivity index (χ0n) is 15.2. The molecule has 0 radical (unpaired) electrons. The summed E-state index contributed by atoms with van der Waals surface area (Å²) in [4.78, 5) is 37.6. The molecule has 0 fully saturated rings. The zero-order chi connectivity index (χ0) is 19.6. The van der Waals surface area contributed by atoms with Crippen LogP contribution in [0.15, 0.2) is 18.2 Å². The van der Waals surface area contributed by atoms with Crippen LogP contribution in [0.5, 0.6) is 0 Å². The third kappa shape index (κ3) is 4.12. The van der Waals surface area contributed by atoms with Crippen LogP contribution < -0.4 is 10.2 Å². The first kappa shape index (κ1) is 19.7. The van der Waals surface area contributed by atoms with Crippen molar-refractivity contribution in [2.45, 2.75) is 58.2 Å². The number of hydrogen-bond acceptors (Lipinski definition) is 4. The molecule has 1 aliphatic rings. The summed E-state index contributed by atoms with van der Waals surface area (Å²) in [6.07, 6.45) is -0.666. The van der Waals surface area contributed by atoms with Gasteiger partial charge in [-0.05, 0) is 39.3 Å². The summed E-state index contributed by atoms with van der Waals surface area (Å²) in [7, 11) is 0. The number of anilines is 1. The van der Waals surface area contributed by atoms with Gasteiger partial charge in [0.05, 0.1) is 5.69 Å². The van der Waals surface area contributed by atoms with Gasteiger partial charge in [-0.1, -0.05) is 13.0 Å². The van der Waals surface area contributed by atoms with E-state index in [1.165, 1.54) is 18.2 Å². The molecule has 0 aliphatic carbocycles. The Morgan fingerprint density at radius 2 is 2.04 bits per heavy atom. The molecule has 1 aromatic rings. The van der Waals surface area contributed by atoms with E-state index in [1.54, 1.807) is 27.7 Å². The SMILES string of the molecule is CC[C@H](NC(=O)OC(C)(C)C)C(=O)N1c2cccc(F)c2C[C@@H]1C(=O)O. The van der Waals surface area contributed by atoms with E-state index in [0.717, 1.165) is 4.90 Å². The molecule has 8 heteroatoms. The molecule has 26 heavy (non-hydrogen) atoms. The number of carboxylic acids is 1. The maximum atomic E-state index is 14.0. The molecular formula is C18H23FN2O5.